The molecule has 17 nitrogen and oxygen atoms in total. The van der Waals surface area contributed by atoms with Gasteiger partial charge >= 0.3 is 27.0 Å². The third-order valence-electron chi connectivity index (χ3n) is 8.24. The number of ether oxygens (including phenoxy) is 3. The average molecular weight is 979 g/mol. The number of carbonyl (C=O) groups excluding carboxylic acids is 4. The average Bonchev–Trinajstić information content (AvgIpc) is 3.22. The quantitative estimate of drug-likeness (QED) is 0.0600. The fourth-order valence-corrected chi connectivity index (χ4v) is 7.68. The van der Waals surface area contributed by atoms with Crippen LogP contribution in [-0.2, 0) is 61.0 Å². The molecule has 25 heteroatoms. The van der Waals surface area contributed by atoms with Gasteiger partial charge in [0.25, 0.3) is 0 Å². The van der Waals surface area contributed by atoms with Crippen molar-refractivity contribution in [2.75, 3.05) is 26.5 Å². The van der Waals surface area contributed by atoms with Crippen LogP contribution in [0, 0.1) is 5.82 Å². The summed E-state index contributed by atoms with van der Waals surface area (Å²) >= 11 is 2.15. The number of amides is 3. The van der Waals surface area contributed by atoms with Crippen LogP contribution in [0.1, 0.15) is 34.5 Å². The van der Waals surface area contributed by atoms with E-state index in [4.69, 9.17) is 28.1 Å². The van der Waals surface area contributed by atoms with Crippen LogP contribution < -0.4 is 35.1 Å². The highest BCUT2D eigenvalue weighted by Crippen LogP contribution is 2.29. The van der Waals surface area contributed by atoms with Gasteiger partial charge in [-0.2, -0.15) is 28.6 Å². The fraction of sp³-hybridized carbons (Fsp3) is 0.282. The molecule has 4 rings (SSSR count). The molecule has 3 amide bonds. The summed E-state index contributed by atoms with van der Waals surface area (Å²) in [7, 11) is -7.35. The summed E-state index contributed by atoms with van der Waals surface area (Å²) in [5.41, 5.74) is 2.15. The first-order valence-electron chi connectivity index (χ1n) is 18.2. The smallest absolute Gasteiger partial charge is 0.490 e. The van der Waals surface area contributed by atoms with Crippen LogP contribution in [0.5, 0.6) is 17.2 Å². The Kier molecular flexibility index (Phi) is 21.0. The maximum atomic E-state index is 14.0. The standard InChI is InChI=1S/C20H21F3N2O7S2.C19H21FN2O6S2/c1-25-19(27)18(33-12-26)9-13-5-7-15(8-6-13)30-11-17(32-34(24,28)29)14-3-2-4-16(10-14)31-20(21,22)23;1-29-18(19(24)22-12-23)10-13-6-8-14(9-7-13)27-11-17(28-30(21,25)26)15-4-2-3-5-16(15)20/h2-8,10,12,17-18H,9,11H2,1H3,(H,25,27)(H2,24,28,29);2-9,12,17-18H,10-11H2,1H3,(H2,21,25,26)(H,22,23,24). The largest absolute Gasteiger partial charge is 0.573 e. The van der Waals surface area contributed by atoms with Gasteiger partial charge in [-0.3, -0.25) is 24.5 Å². The first-order chi connectivity index (χ1) is 30.1. The van der Waals surface area contributed by atoms with Crippen molar-refractivity contribution in [2.45, 2.75) is 41.9 Å². The molecule has 0 fully saturated rings. The number of carbonyl (C=O) groups is 4. The molecule has 4 unspecified atom stereocenters. The first-order valence-corrected chi connectivity index (χ1v) is 23.3. The molecule has 0 heterocycles. The Labute approximate surface area is 374 Å². The SMILES string of the molecule is CNC(=O)C(Cc1ccc(OCC(OS(N)(=O)=O)c2cccc(OC(F)(F)F)c2)cc1)SC=O.CSC(Cc1ccc(OCC(OS(N)(=O)=O)c2ccccc2F)cc1)C(=O)NC=O. The summed E-state index contributed by atoms with van der Waals surface area (Å²) < 4.78 is 122. The summed E-state index contributed by atoms with van der Waals surface area (Å²) in [6, 6.07) is 23.2. The molecule has 0 aliphatic heterocycles. The van der Waals surface area contributed by atoms with Crippen molar-refractivity contribution >= 4 is 68.0 Å². The van der Waals surface area contributed by atoms with E-state index >= 15 is 0 Å². The number of nitrogens with one attached hydrogen (secondary N) is 2. The molecular weight excluding hydrogens is 937 g/mol. The predicted octanol–water partition coefficient (Wildman–Crippen LogP) is 4.22. The molecule has 0 spiro atoms. The Morgan fingerprint density at radius 3 is 1.75 bits per heavy atom. The molecule has 4 atom stereocenters. The lowest BCUT2D eigenvalue weighted by Crippen LogP contribution is -2.32. The van der Waals surface area contributed by atoms with E-state index < -0.39 is 67.9 Å². The van der Waals surface area contributed by atoms with Gasteiger partial charge in [-0.05, 0) is 78.3 Å². The van der Waals surface area contributed by atoms with Crippen molar-refractivity contribution in [3.63, 3.8) is 0 Å². The second-order valence-electron chi connectivity index (χ2n) is 12.8. The van der Waals surface area contributed by atoms with Gasteiger partial charge in [-0.1, -0.05) is 66.4 Å². The second kappa shape index (κ2) is 25.3. The molecule has 0 bridgehead atoms. The Bertz CT molecular complexity index is 2380. The Morgan fingerprint density at radius 2 is 1.27 bits per heavy atom. The minimum Gasteiger partial charge on any atom is -0.490 e. The highest BCUT2D eigenvalue weighted by atomic mass is 32.2. The van der Waals surface area contributed by atoms with E-state index in [1.54, 1.807) is 54.8 Å². The van der Waals surface area contributed by atoms with Crippen LogP contribution in [0.15, 0.2) is 97.1 Å². The van der Waals surface area contributed by atoms with Gasteiger partial charge in [0.1, 0.15) is 48.5 Å². The van der Waals surface area contributed by atoms with E-state index in [2.05, 4.69) is 15.4 Å². The summed E-state index contributed by atoms with van der Waals surface area (Å²) in [5, 5.41) is 13.4. The molecule has 4 aromatic carbocycles. The summed E-state index contributed by atoms with van der Waals surface area (Å²) in [5.74, 6) is -1.24. The lowest BCUT2D eigenvalue weighted by Gasteiger charge is -2.19. The normalized spacial score (nSPS) is 13.4. The minimum atomic E-state index is -4.94. The fourth-order valence-electron chi connectivity index (χ4n) is 5.40. The first kappa shape index (κ1) is 53.1. The van der Waals surface area contributed by atoms with Gasteiger partial charge in [0.05, 0.1) is 10.5 Å². The predicted molar refractivity (Wildman–Crippen MR) is 228 cm³/mol. The number of thioether (sulfide) groups is 2. The molecule has 0 radical (unpaired) electrons. The van der Waals surface area contributed by atoms with E-state index in [1.807, 2.05) is 0 Å². The number of halogens is 4. The number of nitrogens with two attached hydrogens (primary N) is 2. The molecule has 348 valence electrons. The van der Waals surface area contributed by atoms with Crippen LogP contribution in [0.4, 0.5) is 17.6 Å². The van der Waals surface area contributed by atoms with Crippen molar-refractivity contribution < 1.29 is 76.2 Å². The molecule has 0 aliphatic rings. The molecule has 0 aromatic heterocycles. The Hall–Kier alpha value is -5.28. The number of alkyl halides is 3. The molecule has 6 N–H and O–H groups in total. The van der Waals surface area contributed by atoms with Gasteiger partial charge in [-0.15, -0.1) is 13.2 Å². The number of rotatable bonds is 23. The van der Waals surface area contributed by atoms with E-state index in [9.17, 15) is 53.6 Å². The van der Waals surface area contributed by atoms with Crippen LogP contribution in [0.3, 0.4) is 0 Å². The van der Waals surface area contributed by atoms with E-state index in [0.717, 1.165) is 35.0 Å². The number of benzene rings is 4. The molecule has 4 aromatic rings. The maximum Gasteiger partial charge on any atom is 0.573 e. The lowest BCUT2D eigenvalue weighted by molar-refractivity contribution is -0.274. The number of imide groups is 1. The zero-order valence-electron chi connectivity index (χ0n) is 33.6. The van der Waals surface area contributed by atoms with Crippen molar-refractivity contribution in [2.24, 2.45) is 10.3 Å². The number of hydrogen-bond acceptors (Lipinski definition) is 15. The molecule has 0 saturated carbocycles. The number of hydrogen-bond donors (Lipinski definition) is 4. The highest BCUT2D eigenvalue weighted by molar-refractivity contribution is 8.13. The maximum absolute atomic E-state index is 14.0. The molecule has 0 saturated heterocycles. The van der Waals surface area contributed by atoms with Crippen LogP contribution in [0.25, 0.3) is 0 Å². The van der Waals surface area contributed by atoms with Crippen LogP contribution >= 0.6 is 23.5 Å². The van der Waals surface area contributed by atoms with E-state index in [1.165, 1.54) is 55.2 Å². The van der Waals surface area contributed by atoms with E-state index in [-0.39, 0.29) is 41.7 Å². The monoisotopic (exact) mass is 978 g/mol. The van der Waals surface area contributed by atoms with Crippen molar-refractivity contribution in [1.82, 2.24) is 10.6 Å². The van der Waals surface area contributed by atoms with E-state index in [0.29, 0.717) is 24.2 Å². The second-order valence-corrected chi connectivity index (χ2v) is 17.2. The summed E-state index contributed by atoms with van der Waals surface area (Å²) in [4.78, 5) is 44.9. The summed E-state index contributed by atoms with van der Waals surface area (Å²) in [6.45, 7) is -0.709. The topological polar surface area (TPSA) is 259 Å². The van der Waals surface area contributed by atoms with Gasteiger partial charge in [0, 0.05) is 12.6 Å². The van der Waals surface area contributed by atoms with Gasteiger partial charge in [0.2, 0.25) is 18.2 Å². The third-order valence-corrected chi connectivity index (χ3v) is 11.0. The Balaban J connectivity index is 0.000000343. The zero-order chi connectivity index (χ0) is 47.5. The van der Waals surface area contributed by atoms with Crippen molar-refractivity contribution in [3.05, 3.63) is 125 Å². The van der Waals surface area contributed by atoms with Crippen LogP contribution in [-0.4, -0.2) is 84.1 Å². The van der Waals surface area contributed by atoms with Gasteiger partial charge in [-0.25, -0.2) is 23.0 Å². The van der Waals surface area contributed by atoms with Crippen molar-refractivity contribution in [3.8, 4) is 17.2 Å². The lowest BCUT2D eigenvalue weighted by atomic mass is 10.1. The molecule has 64 heavy (non-hydrogen) atoms. The Morgan fingerprint density at radius 1 is 0.734 bits per heavy atom. The van der Waals surface area contributed by atoms with Gasteiger partial charge < -0.3 is 19.5 Å². The minimum absolute atomic E-state index is 0.00727. The van der Waals surface area contributed by atoms with Crippen molar-refractivity contribution in [1.29, 1.82) is 0 Å². The molecular formula is C39H42F4N4O13S4. The zero-order valence-corrected chi connectivity index (χ0v) is 36.9. The summed E-state index contributed by atoms with van der Waals surface area (Å²) in [6.07, 6.45) is -4.80. The van der Waals surface area contributed by atoms with Gasteiger partial charge in [0.15, 0.2) is 5.62 Å². The van der Waals surface area contributed by atoms with Crippen LogP contribution in [0.2, 0.25) is 0 Å². The molecule has 0 aliphatic carbocycles. The third kappa shape index (κ3) is 19.6. The highest BCUT2D eigenvalue weighted by Gasteiger charge is 2.32.